The van der Waals surface area contributed by atoms with Crippen LogP contribution in [0.5, 0.6) is 0 Å². The van der Waals surface area contributed by atoms with E-state index in [2.05, 4.69) is 10.3 Å². The number of rotatable bonds is 5. The Bertz CT molecular complexity index is 1670. The highest BCUT2D eigenvalue weighted by Crippen LogP contribution is 2.33. The van der Waals surface area contributed by atoms with Gasteiger partial charge in [0.05, 0.1) is 15.8 Å². The van der Waals surface area contributed by atoms with Crippen molar-refractivity contribution in [3.8, 4) is 0 Å². The molecule has 0 aliphatic carbocycles. The lowest BCUT2D eigenvalue weighted by molar-refractivity contribution is -0.127. The molecule has 0 saturated carbocycles. The molecule has 9 nitrogen and oxygen atoms in total. The first-order chi connectivity index (χ1) is 17.7. The zero-order valence-electron chi connectivity index (χ0n) is 20.4. The minimum atomic E-state index is -0.538. The number of anilines is 1. The van der Waals surface area contributed by atoms with Crippen LogP contribution in [0.1, 0.15) is 22.8 Å². The highest BCUT2D eigenvalue weighted by atomic mass is 32.2. The summed E-state index contributed by atoms with van der Waals surface area (Å²) in [4.78, 5) is 57.0. The van der Waals surface area contributed by atoms with Gasteiger partial charge in [-0.05, 0) is 74.5 Å². The summed E-state index contributed by atoms with van der Waals surface area (Å²) in [5, 5.41) is 2.66. The van der Waals surface area contributed by atoms with Crippen molar-refractivity contribution in [1.29, 1.82) is 0 Å². The van der Waals surface area contributed by atoms with E-state index in [1.54, 1.807) is 60.1 Å². The second-order valence-electron chi connectivity index (χ2n) is 8.61. The van der Waals surface area contributed by atoms with Crippen molar-refractivity contribution in [2.45, 2.75) is 20.8 Å². The van der Waals surface area contributed by atoms with Crippen molar-refractivity contribution in [3.05, 3.63) is 98.7 Å². The number of carbonyl (C=O) groups excluding carboxylic acids is 3. The Kier molecular flexibility index (Phi) is 6.26. The minimum absolute atomic E-state index is 0.207. The smallest absolute Gasteiger partial charge is 0.294 e. The van der Waals surface area contributed by atoms with E-state index in [1.807, 2.05) is 32.0 Å². The molecule has 3 amide bonds. The fourth-order valence-electron chi connectivity index (χ4n) is 4.34. The highest BCUT2D eigenvalue weighted by Gasteiger charge is 2.36. The maximum absolute atomic E-state index is 13.3. The van der Waals surface area contributed by atoms with Gasteiger partial charge in [-0.25, -0.2) is 4.98 Å². The number of aromatic nitrogens is 3. The summed E-state index contributed by atoms with van der Waals surface area (Å²) in [6, 6.07) is 17.8. The quantitative estimate of drug-likeness (QED) is 0.403. The van der Waals surface area contributed by atoms with Gasteiger partial charge in [-0.1, -0.05) is 30.3 Å². The number of thioether (sulfide) groups is 1. The van der Waals surface area contributed by atoms with Crippen LogP contribution in [0.3, 0.4) is 0 Å². The molecule has 4 aromatic rings. The molecule has 3 heterocycles. The molecule has 1 saturated heterocycles. The van der Waals surface area contributed by atoms with Crippen LogP contribution in [0, 0.1) is 20.8 Å². The molecule has 2 aromatic carbocycles. The van der Waals surface area contributed by atoms with Gasteiger partial charge in [-0.2, -0.15) is 4.68 Å². The van der Waals surface area contributed by atoms with Crippen molar-refractivity contribution in [1.82, 2.24) is 19.2 Å². The van der Waals surface area contributed by atoms with Crippen LogP contribution in [0.15, 0.2) is 70.4 Å². The number of hydrogen-bond donors (Lipinski definition) is 1. The maximum atomic E-state index is 13.3. The normalized spacial score (nSPS) is 14.7. The van der Waals surface area contributed by atoms with Crippen molar-refractivity contribution in [3.63, 3.8) is 0 Å². The van der Waals surface area contributed by atoms with Crippen molar-refractivity contribution in [2.75, 3.05) is 11.9 Å². The molecule has 37 heavy (non-hydrogen) atoms. The third-order valence-corrected chi connectivity index (χ3v) is 6.98. The Morgan fingerprint density at radius 1 is 0.973 bits per heavy atom. The van der Waals surface area contributed by atoms with Gasteiger partial charge in [-0.15, -0.1) is 0 Å². The summed E-state index contributed by atoms with van der Waals surface area (Å²) in [6.07, 6.45) is 1.62. The average molecular weight is 514 g/mol. The summed E-state index contributed by atoms with van der Waals surface area (Å²) in [6.45, 7) is 5.06. The van der Waals surface area contributed by atoms with Crippen LogP contribution in [0.4, 0.5) is 10.5 Å². The van der Waals surface area contributed by atoms with E-state index in [-0.39, 0.29) is 17.0 Å². The van der Waals surface area contributed by atoms with E-state index in [9.17, 15) is 19.2 Å². The second-order valence-corrected chi connectivity index (χ2v) is 9.61. The summed E-state index contributed by atoms with van der Waals surface area (Å²) in [7, 11) is 0. The van der Waals surface area contributed by atoms with E-state index in [0.717, 1.165) is 22.4 Å². The third-order valence-electron chi connectivity index (χ3n) is 6.07. The molecule has 0 unspecified atom stereocenters. The Morgan fingerprint density at radius 3 is 2.43 bits per heavy atom. The zero-order chi connectivity index (χ0) is 26.3. The van der Waals surface area contributed by atoms with E-state index < -0.39 is 17.1 Å². The van der Waals surface area contributed by atoms with Crippen LogP contribution in [0.25, 0.3) is 17.0 Å². The molecule has 0 radical (unpaired) electrons. The van der Waals surface area contributed by atoms with Crippen LogP contribution >= 0.6 is 11.8 Å². The van der Waals surface area contributed by atoms with Gasteiger partial charge in [0.15, 0.2) is 0 Å². The standard InChI is InChI=1S/C27H23N5O4S/c1-16-13-19(17(2)31(16)32-18(3)28-22-12-8-7-11-21(22)25(32)34)14-23-26(35)30(27(36)37-23)15-24(33)29-20-9-5-4-6-10-20/h4-14H,15H2,1-3H3,(H,29,33). The summed E-state index contributed by atoms with van der Waals surface area (Å²) in [5.74, 6) is -0.489. The highest BCUT2D eigenvalue weighted by molar-refractivity contribution is 8.18. The summed E-state index contributed by atoms with van der Waals surface area (Å²) < 4.78 is 3.25. The molecular formula is C27H23N5O4S. The van der Waals surface area contributed by atoms with Crippen molar-refractivity contribution in [2.24, 2.45) is 0 Å². The van der Waals surface area contributed by atoms with Gasteiger partial charge < -0.3 is 5.32 Å². The van der Waals surface area contributed by atoms with Crippen molar-refractivity contribution < 1.29 is 14.4 Å². The largest absolute Gasteiger partial charge is 0.325 e. The molecule has 10 heteroatoms. The lowest BCUT2D eigenvalue weighted by Gasteiger charge is -2.16. The molecule has 1 N–H and O–H groups in total. The van der Waals surface area contributed by atoms with Crippen LogP contribution < -0.4 is 10.9 Å². The molecule has 1 aliphatic rings. The van der Waals surface area contributed by atoms with Gasteiger partial charge >= 0.3 is 0 Å². The lowest BCUT2D eigenvalue weighted by atomic mass is 10.2. The fraction of sp³-hybridized carbons (Fsp3) is 0.148. The molecule has 0 bridgehead atoms. The number of aryl methyl sites for hydroxylation is 2. The van der Waals surface area contributed by atoms with Gasteiger partial charge in [0.2, 0.25) is 5.91 Å². The Labute approximate surface area is 216 Å². The lowest BCUT2D eigenvalue weighted by Crippen LogP contribution is -2.36. The van der Waals surface area contributed by atoms with Crippen LogP contribution in [0.2, 0.25) is 0 Å². The Hall–Kier alpha value is -4.44. The zero-order valence-corrected chi connectivity index (χ0v) is 21.2. The molecule has 1 fully saturated rings. The molecule has 2 aromatic heterocycles. The van der Waals surface area contributed by atoms with E-state index in [0.29, 0.717) is 33.7 Å². The summed E-state index contributed by atoms with van der Waals surface area (Å²) in [5.41, 5.74) is 3.13. The SMILES string of the molecule is Cc1cc(C=C2SC(=O)N(CC(=O)Nc3ccccc3)C2=O)c(C)n1-n1c(C)nc2ccccc2c1=O. The number of fused-ring (bicyclic) bond motifs is 1. The molecule has 186 valence electrons. The molecule has 0 spiro atoms. The third kappa shape index (κ3) is 4.47. The second kappa shape index (κ2) is 9.55. The Balaban J connectivity index is 1.44. The molecule has 0 atom stereocenters. The minimum Gasteiger partial charge on any atom is -0.325 e. The van der Waals surface area contributed by atoms with E-state index in [4.69, 9.17) is 0 Å². The molecular weight excluding hydrogens is 490 g/mol. The van der Waals surface area contributed by atoms with E-state index in [1.165, 1.54) is 4.68 Å². The first kappa shape index (κ1) is 24.3. The van der Waals surface area contributed by atoms with Gasteiger partial charge in [-0.3, -0.25) is 28.8 Å². The van der Waals surface area contributed by atoms with Crippen LogP contribution in [-0.2, 0) is 9.59 Å². The first-order valence-corrected chi connectivity index (χ1v) is 12.3. The van der Waals surface area contributed by atoms with Crippen LogP contribution in [-0.4, -0.2) is 42.8 Å². The van der Waals surface area contributed by atoms with Crippen molar-refractivity contribution >= 4 is 51.5 Å². The maximum Gasteiger partial charge on any atom is 0.294 e. The average Bonchev–Trinajstić information content (AvgIpc) is 3.29. The number of nitrogens with one attached hydrogen (secondary N) is 1. The summed E-state index contributed by atoms with van der Waals surface area (Å²) >= 11 is 0.781. The van der Waals surface area contributed by atoms with Gasteiger partial charge in [0.25, 0.3) is 16.7 Å². The number of para-hydroxylation sites is 2. The number of amides is 3. The number of carbonyl (C=O) groups is 3. The Morgan fingerprint density at radius 2 is 1.68 bits per heavy atom. The van der Waals surface area contributed by atoms with Gasteiger partial charge in [0.1, 0.15) is 12.4 Å². The number of nitrogens with zero attached hydrogens (tertiary/aromatic N) is 4. The number of hydrogen-bond acceptors (Lipinski definition) is 6. The van der Waals surface area contributed by atoms with Gasteiger partial charge in [0, 0.05) is 17.1 Å². The predicted molar refractivity (Wildman–Crippen MR) is 143 cm³/mol. The first-order valence-electron chi connectivity index (χ1n) is 11.5. The van der Waals surface area contributed by atoms with E-state index >= 15 is 0 Å². The topological polar surface area (TPSA) is 106 Å². The fourth-order valence-corrected chi connectivity index (χ4v) is 5.17. The molecule has 5 rings (SSSR count). The molecule has 1 aliphatic heterocycles. The number of benzene rings is 2. The number of imide groups is 1. The predicted octanol–water partition coefficient (Wildman–Crippen LogP) is 4.11. The monoisotopic (exact) mass is 513 g/mol.